The third kappa shape index (κ3) is 2.36. The van der Waals surface area contributed by atoms with E-state index in [1.165, 1.54) is 11.3 Å². The van der Waals surface area contributed by atoms with Crippen LogP contribution in [0.3, 0.4) is 0 Å². The monoisotopic (exact) mass is 222 g/mol. The Balaban J connectivity index is 2.13. The van der Waals surface area contributed by atoms with E-state index in [4.69, 9.17) is 5.73 Å². The van der Waals surface area contributed by atoms with E-state index in [1.807, 2.05) is 18.6 Å². The molecule has 80 valence electrons. The van der Waals surface area contributed by atoms with Crippen LogP contribution >= 0.6 is 11.3 Å². The van der Waals surface area contributed by atoms with E-state index in [0.717, 1.165) is 30.1 Å². The molecular weight excluding hydrogens is 208 g/mol. The van der Waals surface area contributed by atoms with Gasteiger partial charge in [0.25, 0.3) is 0 Å². The number of aromatic nitrogens is 3. The molecule has 0 bridgehead atoms. The van der Waals surface area contributed by atoms with Gasteiger partial charge in [0.2, 0.25) is 0 Å². The van der Waals surface area contributed by atoms with Gasteiger partial charge in [-0.15, -0.1) is 11.3 Å². The van der Waals surface area contributed by atoms with Gasteiger partial charge in [-0.25, -0.2) is 9.97 Å². The van der Waals surface area contributed by atoms with Gasteiger partial charge in [-0.05, 0) is 6.42 Å². The molecule has 0 atom stereocenters. The van der Waals surface area contributed by atoms with E-state index in [2.05, 4.69) is 21.5 Å². The van der Waals surface area contributed by atoms with Crippen LogP contribution in [0.15, 0.2) is 18.6 Å². The van der Waals surface area contributed by atoms with E-state index in [9.17, 15) is 0 Å². The number of hydrogen-bond acceptors (Lipinski definition) is 4. The molecule has 2 rings (SSSR count). The van der Waals surface area contributed by atoms with Crippen LogP contribution in [0.25, 0.3) is 0 Å². The van der Waals surface area contributed by atoms with E-state index < -0.39 is 0 Å². The van der Waals surface area contributed by atoms with Crippen LogP contribution in [-0.2, 0) is 13.0 Å². The summed E-state index contributed by atoms with van der Waals surface area (Å²) < 4.78 is 2.18. The molecule has 5 heteroatoms. The van der Waals surface area contributed by atoms with E-state index in [0.29, 0.717) is 5.13 Å². The van der Waals surface area contributed by atoms with Crippen LogP contribution in [0.4, 0.5) is 5.13 Å². The molecule has 0 radical (unpaired) electrons. The lowest BCUT2D eigenvalue weighted by Gasteiger charge is -2.03. The molecule has 0 unspecified atom stereocenters. The Morgan fingerprint density at radius 1 is 1.47 bits per heavy atom. The maximum Gasteiger partial charge on any atom is 0.180 e. The maximum atomic E-state index is 5.58. The first-order valence-corrected chi connectivity index (χ1v) is 5.81. The van der Waals surface area contributed by atoms with Crippen molar-refractivity contribution in [1.29, 1.82) is 0 Å². The zero-order valence-corrected chi connectivity index (χ0v) is 9.50. The number of nitrogens with two attached hydrogens (primary N) is 1. The molecule has 0 saturated carbocycles. The number of rotatable bonds is 4. The number of aryl methyl sites for hydroxylation is 1. The van der Waals surface area contributed by atoms with Crippen molar-refractivity contribution in [3.05, 3.63) is 29.3 Å². The SMILES string of the molecule is CCCn1ccnc1Cc1cnc(N)s1. The Morgan fingerprint density at radius 3 is 3.00 bits per heavy atom. The van der Waals surface area contributed by atoms with Crippen molar-refractivity contribution >= 4 is 16.5 Å². The highest BCUT2D eigenvalue weighted by Crippen LogP contribution is 2.17. The number of nitrogen functional groups attached to an aromatic ring is 1. The standard InChI is InChI=1S/C10H14N4S/c1-2-4-14-5-3-12-9(14)6-8-7-13-10(11)15-8/h3,5,7H,2,4,6H2,1H3,(H2,11,13). The molecule has 2 aromatic heterocycles. The largest absolute Gasteiger partial charge is 0.375 e. The summed E-state index contributed by atoms with van der Waals surface area (Å²) in [6.45, 7) is 3.18. The van der Waals surface area contributed by atoms with Crippen LogP contribution in [0.1, 0.15) is 24.0 Å². The van der Waals surface area contributed by atoms with Crippen molar-refractivity contribution in [3.63, 3.8) is 0 Å². The number of anilines is 1. The summed E-state index contributed by atoms with van der Waals surface area (Å²) >= 11 is 1.53. The second-order valence-corrected chi connectivity index (χ2v) is 4.53. The third-order valence-electron chi connectivity index (χ3n) is 2.17. The van der Waals surface area contributed by atoms with Gasteiger partial charge in [0.1, 0.15) is 5.82 Å². The lowest BCUT2D eigenvalue weighted by molar-refractivity contribution is 0.648. The third-order valence-corrected chi connectivity index (χ3v) is 3.00. The first kappa shape index (κ1) is 10.2. The van der Waals surface area contributed by atoms with E-state index in [-0.39, 0.29) is 0 Å². The minimum Gasteiger partial charge on any atom is -0.375 e. The van der Waals surface area contributed by atoms with Crippen molar-refractivity contribution in [2.45, 2.75) is 26.3 Å². The molecule has 0 aliphatic heterocycles. The normalized spacial score (nSPS) is 10.7. The minimum absolute atomic E-state index is 0.624. The number of nitrogens with zero attached hydrogens (tertiary/aromatic N) is 3. The summed E-state index contributed by atoms with van der Waals surface area (Å²) in [5, 5.41) is 0.624. The zero-order valence-electron chi connectivity index (χ0n) is 8.68. The minimum atomic E-state index is 0.624. The van der Waals surface area contributed by atoms with Crippen LogP contribution in [0.2, 0.25) is 0 Å². The molecule has 4 nitrogen and oxygen atoms in total. The van der Waals surface area contributed by atoms with Crippen LogP contribution in [-0.4, -0.2) is 14.5 Å². The van der Waals surface area contributed by atoms with Gasteiger partial charge < -0.3 is 10.3 Å². The first-order chi connectivity index (χ1) is 7.29. The Morgan fingerprint density at radius 2 is 2.33 bits per heavy atom. The molecule has 0 aromatic carbocycles. The summed E-state index contributed by atoms with van der Waals surface area (Å²) in [5.74, 6) is 1.08. The molecular formula is C10H14N4S. The predicted molar refractivity (Wildman–Crippen MR) is 61.9 cm³/mol. The van der Waals surface area contributed by atoms with Crippen molar-refractivity contribution in [3.8, 4) is 0 Å². The Labute approximate surface area is 92.8 Å². The highest BCUT2D eigenvalue weighted by atomic mass is 32.1. The maximum absolute atomic E-state index is 5.58. The van der Waals surface area contributed by atoms with Crippen LogP contribution < -0.4 is 5.73 Å². The fourth-order valence-corrected chi connectivity index (χ4v) is 2.19. The smallest absolute Gasteiger partial charge is 0.180 e. The second kappa shape index (κ2) is 4.44. The highest BCUT2D eigenvalue weighted by Gasteiger charge is 2.05. The summed E-state index contributed by atoms with van der Waals surface area (Å²) in [4.78, 5) is 9.54. The quantitative estimate of drug-likeness (QED) is 0.859. The first-order valence-electron chi connectivity index (χ1n) is 4.99. The molecule has 0 aliphatic rings. The fourth-order valence-electron chi connectivity index (χ4n) is 1.51. The number of hydrogen-bond donors (Lipinski definition) is 1. The summed E-state index contributed by atoms with van der Waals surface area (Å²) in [6.07, 6.45) is 7.62. The highest BCUT2D eigenvalue weighted by molar-refractivity contribution is 7.15. The molecule has 0 spiro atoms. The molecule has 0 amide bonds. The molecule has 0 saturated heterocycles. The van der Waals surface area contributed by atoms with Gasteiger partial charge >= 0.3 is 0 Å². The van der Waals surface area contributed by atoms with Gasteiger partial charge in [-0.1, -0.05) is 6.92 Å². The van der Waals surface area contributed by atoms with Gasteiger partial charge in [0, 0.05) is 36.4 Å². The summed E-state index contributed by atoms with van der Waals surface area (Å²) in [6, 6.07) is 0. The lowest BCUT2D eigenvalue weighted by Crippen LogP contribution is -2.02. The topological polar surface area (TPSA) is 56.7 Å². The average Bonchev–Trinajstić information content (AvgIpc) is 2.78. The lowest BCUT2D eigenvalue weighted by atomic mass is 10.3. The van der Waals surface area contributed by atoms with Crippen molar-refractivity contribution in [2.75, 3.05) is 5.73 Å². The Kier molecular flexibility index (Phi) is 3.01. The molecule has 0 fully saturated rings. The summed E-state index contributed by atoms with van der Waals surface area (Å²) in [7, 11) is 0. The Hall–Kier alpha value is -1.36. The van der Waals surface area contributed by atoms with Gasteiger partial charge in [0.15, 0.2) is 5.13 Å². The second-order valence-electron chi connectivity index (χ2n) is 3.38. The molecule has 2 aromatic rings. The van der Waals surface area contributed by atoms with Gasteiger partial charge in [-0.3, -0.25) is 0 Å². The summed E-state index contributed by atoms with van der Waals surface area (Å²) in [5.41, 5.74) is 5.58. The van der Waals surface area contributed by atoms with E-state index in [1.54, 1.807) is 0 Å². The van der Waals surface area contributed by atoms with Crippen molar-refractivity contribution in [2.24, 2.45) is 0 Å². The Bertz CT molecular complexity index is 432. The molecule has 15 heavy (non-hydrogen) atoms. The molecule has 0 aliphatic carbocycles. The molecule has 2 N–H and O–H groups in total. The fraction of sp³-hybridized carbons (Fsp3) is 0.400. The molecule has 2 heterocycles. The van der Waals surface area contributed by atoms with Crippen molar-refractivity contribution in [1.82, 2.24) is 14.5 Å². The van der Waals surface area contributed by atoms with Gasteiger partial charge in [-0.2, -0.15) is 0 Å². The zero-order chi connectivity index (χ0) is 10.7. The van der Waals surface area contributed by atoms with Crippen molar-refractivity contribution < 1.29 is 0 Å². The predicted octanol–water partition coefficient (Wildman–Crippen LogP) is 1.92. The van der Waals surface area contributed by atoms with Gasteiger partial charge in [0.05, 0.1) is 0 Å². The number of imidazole rings is 1. The number of thiazole rings is 1. The van der Waals surface area contributed by atoms with Crippen LogP contribution in [0, 0.1) is 0 Å². The van der Waals surface area contributed by atoms with E-state index >= 15 is 0 Å². The average molecular weight is 222 g/mol. The van der Waals surface area contributed by atoms with Crippen LogP contribution in [0.5, 0.6) is 0 Å².